The van der Waals surface area contributed by atoms with Gasteiger partial charge < -0.3 is 10.0 Å². The van der Waals surface area contributed by atoms with Crippen molar-refractivity contribution in [1.29, 1.82) is 0 Å². The molecule has 3 heteroatoms. The fourth-order valence-electron chi connectivity index (χ4n) is 3.26. The summed E-state index contributed by atoms with van der Waals surface area (Å²) in [6, 6.07) is 0.368. The summed E-state index contributed by atoms with van der Waals surface area (Å²) in [6.07, 6.45) is 9.40. The predicted octanol–water partition coefficient (Wildman–Crippen LogP) is 2.33. The van der Waals surface area contributed by atoms with Crippen LogP contribution >= 0.6 is 0 Å². The Labute approximate surface area is 104 Å². The number of nitrogens with zero attached hydrogens (tertiary/aromatic N) is 1. The zero-order valence-electron chi connectivity index (χ0n) is 10.9. The summed E-state index contributed by atoms with van der Waals surface area (Å²) in [5.41, 5.74) is 0. The monoisotopic (exact) mass is 239 g/mol. The van der Waals surface area contributed by atoms with Gasteiger partial charge in [-0.15, -0.1) is 0 Å². The summed E-state index contributed by atoms with van der Waals surface area (Å²) in [4.78, 5) is 14.3. The second kappa shape index (κ2) is 5.85. The molecule has 0 heterocycles. The molecule has 0 saturated heterocycles. The topological polar surface area (TPSA) is 40.5 Å². The third-order valence-electron chi connectivity index (χ3n) is 4.52. The van der Waals surface area contributed by atoms with Crippen LogP contribution in [0.2, 0.25) is 0 Å². The standard InChI is InChI=1S/C14H25NO2/c1-15(12-7-9-13(16)10-8-12)14(17)11-5-3-2-4-6-11/h11-13,16H,2-10H2,1H3. The van der Waals surface area contributed by atoms with Crippen molar-refractivity contribution in [2.75, 3.05) is 7.05 Å². The number of hydrogen-bond acceptors (Lipinski definition) is 2. The van der Waals surface area contributed by atoms with E-state index in [1.54, 1.807) is 0 Å². The molecule has 2 saturated carbocycles. The molecule has 2 rings (SSSR count). The van der Waals surface area contributed by atoms with Gasteiger partial charge in [0.05, 0.1) is 6.10 Å². The normalized spacial score (nSPS) is 31.2. The molecular weight excluding hydrogens is 214 g/mol. The van der Waals surface area contributed by atoms with Crippen LogP contribution in [0.4, 0.5) is 0 Å². The van der Waals surface area contributed by atoms with Gasteiger partial charge in [-0.05, 0) is 38.5 Å². The van der Waals surface area contributed by atoms with E-state index in [1.807, 2.05) is 11.9 Å². The van der Waals surface area contributed by atoms with Gasteiger partial charge in [0.15, 0.2) is 0 Å². The van der Waals surface area contributed by atoms with Crippen LogP contribution in [0.3, 0.4) is 0 Å². The number of carbonyl (C=O) groups is 1. The molecule has 0 aromatic carbocycles. The first-order valence-corrected chi connectivity index (χ1v) is 7.13. The molecular formula is C14H25NO2. The fourth-order valence-corrected chi connectivity index (χ4v) is 3.26. The highest BCUT2D eigenvalue weighted by Gasteiger charge is 2.30. The fraction of sp³-hybridized carbons (Fsp3) is 0.929. The van der Waals surface area contributed by atoms with Crippen molar-refractivity contribution < 1.29 is 9.90 Å². The quantitative estimate of drug-likeness (QED) is 0.803. The highest BCUT2D eigenvalue weighted by Crippen LogP contribution is 2.28. The Morgan fingerprint density at radius 2 is 1.59 bits per heavy atom. The molecule has 0 aromatic heterocycles. The van der Waals surface area contributed by atoms with Gasteiger partial charge in [0.1, 0.15) is 0 Å². The number of hydrogen-bond donors (Lipinski definition) is 1. The molecule has 0 atom stereocenters. The molecule has 1 N–H and O–H groups in total. The minimum absolute atomic E-state index is 0.135. The van der Waals surface area contributed by atoms with Crippen LogP contribution in [0.5, 0.6) is 0 Å². The van der Waals surface area contributed by atoms with Gasteiger partial charge in [0.2, 0.25) is 5.91 Å². The van der Waals surface area contributed by atoms with Crippen LogP contribution in [0.1, 0.15) is 57.8 Å². The Kier molecular flexibility index (Phi) is 4.43. The molecule has 0 bridgehead atoms. The number of carbonyl (C=O) groups excluding carboxylic acids is 1. The van der Waals surface area contributed by atoms with E-state index in [9.17, 15) is 9.90 Å². The summed E-state index contributed by atoms with van der Waals surface area (Å²) >= 11 is 0. The lowest BCUT2D eigenvalue weighted by Crippen LogP contribution is -2.43. The van der Waals surface area contributed by atoms with Crippen molar-refractivity contribution in [3.05, 3.63) is 0 Å². The van der Waals surface area contributed by atoms with Gasteiger partial charge in [0.25, 0.3) is 0 Å². The highest BCUT2D eigenvalue weighted by atomic mass is 16.3. The van der Waals surface area contributed by atoms with Gasteiger partial charge in [-0.2, -0.15) is 0 Å². The molecule has 3 nitrogen and oxygen atoms in total. The number of rotatable bonds is 2. The third-order valence-corrected chi connectivity index (χ3v) is 4.52. The van der Waals surface area contributed by atoms with Crippen molar-refractivity contribution in [2.24, 2.45) is 5.92 Å². The maximum atomic E-state index is 12.3. The maximum Gasteiger partial charge on any atom is 0.225 e. The van der Waals surface area contributed by atoms with Crippen LogP contribution in [0, 0.1) is 5.92 Å². The van der Waals surface area contributed by atoms with Crippen molar-refractivity contribution in [3.8, 4) is 0 Å². The van der Waals surface area contributed by atoms with Crippen molar-refractivity contribution in [2.45, 2.75) is 69.9 Å². The Morgan fingerprint density at radius 3 is 2.18 bits per heavy atom. The largest absolute Gasteiger partial charge is 0.393 e. The number of aliphatic hydroxyl groups excluding tert-OH is 1. The molecule has 0 radical (unpaired) electrons. The molecule has 0 aromatic rings. The first kappa shape index (κ1) is 12.9. The third kappa shape index (κ3) is 3.21. The first-order chi connectivity index (χ1) is 8.18. The van der Waals surface area contributed by atoms with Gasteiger partial charge >= 0.3 is 0 Å². The van der Waals surface area contributed by atoms with Crippen LogP contribution < -0.4 is 0 Å². The molecule has 2 fully saturated rings. The zero-order chi connectivity index (χ0) is 12.3. The van der Waals surface area contributed by atoms with E-state index in [2.05, 4.69) is 0 Å². The van der Waals surface area contributed by atoms with Crippen LogP contribution in [-0.4, -0.2) is 35.1 Å². The lowest BCUT2D eigenvalue weighted by molar-refractivity contribution is -0.138. The average molecular weight is 239 g/mol. The van der Waals surface area contributed by atoms with Gasteiger partial charge in [-0.25, -0.2) is 0 Å². The maximum absolute atomic E-state index is 12.3. The molecule has 0 aliphatic heterocycles. The van der Waals surface area contributed by atoms with E-state index in [0.29, 0.717) is 11.9 Å². The lowest BCUT2D eigenvalue weighted by atomic mass is 9.86. The zero-order valence-corrected chi connectivity index (χ0v) is 10.9. The SMILES string of the molecule is CN(C(=O)C1CCCCC1)C1CCC(O)CC1. The van der Waals surface area contributed by atoms with Crippen molar-refractivity contribution in [3.63, 3.8) is 0 Å². The van der Waals surface area contributed by atoms with Crippen molar-refractivity contribution in [1.82, 2.24) is 4.90 Å². The minimum atomic E-state index is -0.135. The molecule has 2 aliphatic rings. The van der Waals surface area contributed by atoms with Gasteiger partial charge in [-0.3, -0.25) is 4.79 Å². The smallest absolute Gasteiger partial charge is 0.225 e. The molecule has 2 aliphatic carbocycles. The summed E-state index contributed by atoms with van der Waals surface area (Å²) in [7, 11) is 1.96. The van der Waals surface area contributed by atoms with Crippen LogP contribution in [0.25, 0.3) is 0 Å². The Balaban J connectivity index is 1.85. The molecule has 0 unspecified atom stereocenters. The van der Waals surface area contributed by atoms with E-state index >= 15 is 0 Å². The average Bonchev–Trinajstić information content (AvgIpc) is 2.39. The molecule has 98 valence electrons. The van der Waals surface area contributed by atoms with E-state index in [1.165, 1.54) is 19.3 Å². The highest BCUT2D eigenvalue weighted by molar-refractivity contribution is 5.79. The van der Waals surface area contributed by atoms with Crippen LogP contribution in [-0.2, 0) is 4.79 Å². The second-order valence-electron chi connectivity index (χ2n) is 5.75. The predicted molar refractivity (Wildman–Crippen MR) is 67.6 cm³/mol. The van der Waals surface area contributed by atoms with Crippen molar-refractivity contribution >= 4 is 5.91 Å². The Morgan fingerprint density at radius 1 is 1.00 bits per heavy atom. The molecule has 1 amide bonds. The van der Waals surface area contributed by atoms with E-state index in [4.69, 9.17) is 0 Å². The van der Waals surface area contributed by atoms with Gasteiger partial charge in [-0.1, -0.05) is 19.3 Å². The lowest BCUT2D eigenvalue weighted by Gasteiger charge is -2.36. The number of aliphatic hydroxyl groups is 1. The Bertz CT molecular complexity index is 253. The van der Waals surface area contributed by atoms with Crippen LogP contribution in [0.15, 0.2) is 0 Å². The van der Waals surface area contributed by atoms with Gasteiger partial charge in [0, 0.05) is 19.0 Å². The van der Waals surface area contributed by atoms with E-state index in [0.717, 1.165) is 38.5 Å². The van der Waals surface area contributed by atoms with E-state index < -0.39 is 0 Å². The number of amides is 1. The second-order valence-corrected chi connectivity index (χ2v) is 5.75. The first-order valence-electron chi connectivity index (χ1n) is 7.13. The summed E-state index contributed by atoms with van der Waals surface area (Å²) in [5, 5.41) is 9.49. The van der Waals surface area contributed by atoms with E-state index in [-0.39, 0.29) is 12.0 Å². The summed E-state index contributed by atoms with van der Waals surface area (Å²) in [6.45, 7) is 0. The molecule has 17 heavy (non-hydrogen) atoms. The summed E-state index contributed by atoms with van der Waals surface area (Å²) in [5.74, 6) is 0.631. The Hall–Kier alpha value is -0.570. The molecule has 0 spiro atoms. The minimum Gasteiger partial charge on any atom is -0.393 e. The summed E-state index contributed by atoms with van der Waals surface area (Å²) < 4.78 is 0.